The fourth-order valence-electron chi connectivity index (χ4n) is 1.10. The Hall–Kier alpha value is -1.19. The molecule has 0 radical (unpaired) electrons. The standard InChI is InChI=1S/C9H6Cl2N2O/c10-6-3-1-2-5(4-6)8-7(11)9(12)13-14-8/h1-4H,(H2,12,13). The van der Waals surface area contributed by atoms with Gasteiger partial charge in [-0.2, -0.15) is 0 Å². The van der Waals surface area contributed by atoms with Crippen LogP contribution in [0.2, 0.25) is 10.0 Å². The summed E-state index contributed by atoms with van der Waals surface area (Å²) in [5.41, 5.74) is 6.20. The van der Waals surface area contributed by atoms with Crippen molar-refractivity contribution in [2.24, 2.45) is 0 Å². The molecule has 72 valence electrons. The zero-order valence-corrected chi connectivity index (χ0v) is 8.51. The molecule has 14 heavy (non-hydrogen) atoms. The summed E-state index contributed by atoms with van der Waals surface area (Å²) in [6.45, 7) is 0. The van der Waals surface area contributed by atoms with Gasteiger partial charge in [0, 0.05) is 10.6 Å². The van der Waals surface area contributed by atoms with Crippen LogP contribution in [0.15, 0.2) is 28.8 Å². The number of hydrogen-bond donors (Lipinski definition) is 1. The van der Waals surface area contributed by atoms with E-state index in [4.69, 9.17) is 33.5 Å². The Kier molecular flexibility index (Phi) is 2.35. The Morgan fingerprint density at radius 1 is 1.29 bits per heavy atom. The maximum atomic E-state index is 5.87. The van der Waals surface area contributed by atoms with Gasteiger partial charge in [-0.3, -0.25) is 0 Å². The van der Waals surface area contributed by atoms with Crippen LogP contribution in [0.3, 0.4) is 0 Å². The number of aromatic nitrogens is 1. The summed E-state index contributed by atoms with van der Waals surface area (Å²) in [6, 6.07) is 7.11. The van der Waals surface area contributed by atoms with E-state index in [1.54, 1.807) is 18.2 Å². The van der Waals surface area contributed by atoms with Crippen molar-refractivity contribution in [1.82, 2.24) is 5.16 Å². The van der Waals surface area contributed by atoms with Gasteiger partial charge in [0.05, 0.1) is 0 Å². The van der Waals surface area contributed by atoms with Crippen molar-refractivity contribution in [3.63, 3.8) is 0 Å². The summed E-state index contributed by atoms with van der Waals surface area (Å²) >= 11 is 11.7. The number of nitrogen functional groups attached to an aromatic ring is 1. The largest absolute Gasteiger partial charge is 0.380 e. The van der Waals surface area contributed by atoms with Crippen molar-refractivity contribution in [3.05, 3.63) is 34.3 Å². The van der Waals surface area contributed by atoms with Crippen molar-refractivity contribution >= 4 is 29.0 Å². The zero-order chi connectivity index (χ0) is 10.1. The highest BCUT2D eigenvalue weighted by atomic mass is 35.5. The number of hydrogen-bond acceptors (Lipinski definition) is 3. The second-order valence-corrected chi connectivity index (χ2v) is 3.54. The highest BCUT2D eigenvalue weighted by molar-refractivity contribution is 6.35. The lowest BCUT2D eigenvalue weighted by Crippen LogP contribution is -1.83. The van der Waals surface area contributed by atoms with E-state index in [2.05, 4.69) is 5.16 Å². The monoisotopic (exact) mass is 228 g/mol. The molecule has 0 unspecified atom stereocenters. The predicted molar refractivity (Wildman–Crippen MR) is 56.4 cm³/mol. The predicted octanol–water partition coefficient (Wildman–Crippen LogP) is 3.23. The van der Waals surface area contributed by atoms with E-state index in [0.29, 0.717) is 15.8 Å². The minimum Gasteiger partial charge on any atom is -0.380 e. The van der Waals surface area contributed by atoms with E-state index in [9.17, 15) is 0 Å². The van der Waals surface area contributed by atoms with Gasteiger partial charge >= 0.3 is 0 Å². The summed E-state index contributed by atoms with van der Waals surface area (Å²) in [5.74, 6) is 0.619. The first-order valence-electron chi connectivity index (χ1n) is 3.85. The van der Waals surface area contributed by atoms with E-state index in [1.165, 1.54) is 0 Å². The third kappa shape index (κ3) is 1.56. The molecule has 1 aromatic carbocycles. The fourth-order valence-corrected chi connectivity index (χ4v) is 1.47. The van der Waals surface area contributed by atoms with Crippen LogP contribution in [0, 0.1) is 0 Å². The van der Waals surface area contributed by atoms with E-state index < -0.39 is 0 Å². The summed E-state index contributed by atoms with van der Waals surface area (Å²) < 4.78 is 4.97. The van der Waals surface area contributed by atoms with Gasteiger partial charge in [0.2, 0.25) is 0 Å². The Bertz CT molecular complexity index is 468. The minimum absolute atomic E-state index is 0.182. The second-order valence-electron chi connectivity index (χ2n) is 2.72. The molecule has 0 bridgehead atoms. The van der Waals surface area contributed by atoms with Gasteiger partial charge in [-0.25, -0.2) is 0 Å². The SMILES string of the molecule is Nc1noc(-c2cccc(Cl)c2)c1Cl. The molecule has 0 atom stereocenters. The molecular formula is C9H6Cl2N2O. The molecule has 5 heteroatoms. The van der Waals surface area contributed by atoms with E-state index in [-0.39, 0.29) is 5.82 Å². The second kappa shape index (κ2) is 3.52. The van der Waals surface area contributed by atoms with Gasteiger partial charge in [-0.05, 0) is 12.1 Å². The highest BCUT2D eigenvalue weighted by Crippen LogP contribution is 2.32. The molecule has 0 spiro atoms. The molecule has 1 heterocycles. The highest BCUT2D eigenvalue weighted by Gasteiger charge is 2.13. The topological polar surface area (TPSA) is 52.0 Å². The first kappa shape index (κ1) is 9.37. The number of nitrogens with zero attached hydrogens (tertiary/aromatic N) is 1. The van der Waals surface area contributed by atoms with Gasteiger partial charge in [0.25, 0.3) is 0 Å². The Labute approximate surface area is 90.4 Å². The van der Waals surface area contributed by atoms with Crippen LogP contribution < -0.4 is 5.73 Å². The lowest BCUT2D eigenvalue weighted by atomic mass is 10.2. The fraction of sp³-hybridized carbons (Fsp3) is 0. The van der Waals surface area contributed by atoms with Gasteiger partial charge in [0.1, 0.15) is 5.02 Å². The lowest BCUT2D eigenvalue weighted by Gasteiger charge is -1.96. The number of anilines is 1. The van der Waals surface area contributed by atoms with Crippen LogP contribution >= 0.6 is 23.2 Å². The van der Waals surface area contributed by atoms with Crippen molar-refractivity contribution in [2.75, 3.05) is 5.73 Å². The third-order valence-electron chi connectivity index (χ3n) is 1.75. The number of halogens is 2. The molecular weight excluding hydrogens is 223 g/mol. The van der Waals surface area contributed by atoms with Crippen molar-refractivity contribution in [1.29, 1.82) is 0 Å². The first-order chi connectivity index (χ1) is 6.68. The molecule has 1 aromatic heterocycles. The number of rotatable bonds is 1. The Morgan fingerprint density at radius 2 is 2.07 bits per heavy atom. The number of benzene rings is 1. The van der Waals surface area contributed by atoms with Crippen molar-refractivity contribution in [2.45, 2.75) is 0 Å². The maximum Gasteiger partial charge on any atom is 0.187 e. The maximum absolute atomic E-state index is 5.87. The summed E-state index contributed by atoms with van der Waals surface area (Å²) in [4.78, 5) is 0. The van der Waals surface area contributed by atoms with Crippen molar-refractivity contribution in [3.8, 4) is 11.3 Å². The smallest absolute Gasteiger partial charge is 0.187 e. The normalized spacial score (nSPS) is 10.4. The van der Waals surface area contributed by atoms with Crippen LogP contribution in [0.5, 0.6) is 0 Å². The average Bonchev–Trinajstić information content (AvgIpc) is 2.48. The van der Waals surface area contributed by atoms with Crippen LogP contribution in [-0.2, 0) is 0 Å². The molecule has 0 aliphatic heterocycles. The molecule has 0 aliphatic rings. The molecule has 2 rings (SSSR count). The van der Waals surface area contributed by atoms with Gasteiger partial charge in [-0.15, -0.1) is 0 Å². The average molecular weight is 229 g/mol. The van der Waals surface area contributed by atoms with E-state index in [0.717, 1.165) is 5.56 Å². The lowest BCUT2D eigenvalue weighted by molar-refractivity contribution is 0.436. The van der Waals surface area contributed by atoms with E-state index in [1.807, 2.05) is 6.07 Å². The molecule has 0 saturated heterocycles. The Morgan fingerprint density at radius 3 is 2.64 bits per heavy atom. The van der Waals surface area contributed by atoms with Gasteiger partial charge < -0.3 is 10.3 Å². The molecule has 0 amide bonds. The van der Waals surface area contributed by atoms with Crippen molar-refractivity contribution < 1.29 is 4.52 Å². The molecule has 0 fully saturated rings. The molecule has 0 aliphatic carbocycles. The van der Waals surface area contributed by atoms with Crippen LogP contribution in [-0.4, -0.2) is 5.16 Å². The van der Waals surface area contributed by atoms with Crippen LogP contribution in [0.25, 0.3) is 11.3 Å². The first-order valence-corrected chi connectivity index (χ1v) is 4.60. The summed E-state index contributed by atoms with van der Waals surface area (Å²) in [5, 5.41) is 4.47. The third-order valence-corrected chi connectivity index (χ3v) is 2.35. The van der Waals surface area contributed by atoms with Crippen LogP contribution in [0.4, 0.5) is 5.82 Å². The minimum atomic E-state index is 0.182. The molecule has 2 N–H and O–H groups in total. The number of nitrogens with two attached hydrogens (primary N) is 1. The molecule has 0 saturated carbocycles. The van der Waals surface area contributed by atoms with E-state index >= 15 is 0 Å². The summed E-state index contributed by atoms with van der Waals surface area (Å²) in [7, 11) is 0. The Balaban J connectivity index is 2.55. The van der Waals surface area contributed by atoms with Crippen LogP contribution in [0.1, 0.15) is 0 Å². The summed E-state index contributed by atoms with van der Waals surface area (Å²) in [6.07, 6.45) is 0. The van der Waals surface area contributed by atoms with Gasteiger partial charge in [-0.1, -0.05) is 40.5 Å². The zero-order valence-electron chi connectivity index (χ0n) is 7.00. The molecule has 2 aromatic rings. The van der Waals surface area contributed by atoms with Gasteiger partial charge in [0.15, 0.2) is 11.6 Å². The quantitative estimate of drug-likeness (QED) is 0.816. The molecule has 3 nitrogen and oxygen atoms in total.